The largest absolute Gasteiger partial charge is 0.353 e. The van der Waals surface area contributed by atoms with E-state index < -0.39 is 0 Å². The predicted molar refractivity (Wildman–Crippen MR) is 105 cm³/mol. The molecule has 1 aliphatic carbocycles. The molecule has 5 heteroatoms. The maximum atomic E-state index is 4.67. The first-order valence-corrected chi connectivity index (χ1v) is 10.1. The van der Waals surface area contributed by atoms with Crippen molar-refractivity contribution in [3.8, 4) is 11.1 Å². The number of thiophene rings is 1. The maximum absolute atomic E-state index is 4.67. The predicted octanol–water partition coefficient (Wildman–Crippen LogP) is 3.65. The van der Waals surface area contributed by atoms with Gasteiger partial charge in [-0.1, -0.05) is 18.2 Å². The standard InChI is InChI=1S/C20H22N4S/c1-2-4-15-11-16(6-5-14(15)3-1)17-12-25-20-18(17)19(22-13-23-20)24-9-7-21-8-10-24/h5-6,11-13,21H,1-4,7-10H2. The van der Waals surface area contributed by atoms with E-state index in [0.717, 1.165) is 36.8 Å². The second-order valence-corrected chi connectivity index (χ2v) is 7.81. The van der Waals surface area contributed by atoms with Gasteiger partial charge in [-0.3, -0.25) is 0 Å². The van der Waals surface area contributed by atoms with E-state index in [0.29, 0.717) is 0 Å². The van der Waals surface area contributed by atoms with Gasteiger partial charge in [0, 0.05) is 37.1 Å². The number of piperazine rings is 1. The van der Waals surface area contributed by atoms with E-state index in [1.54, 1.807) is 17.7 Å². The summed E-state index contributed by atoms with van der Waals surface area (Å²) >= 11 is 1.73. The van der Waals surface area contributed by atoms with Crippen LogP contribution in [0.4, 0.5) is 5.82 Å². The van der Waals surface area contributed by atoms with Crippen LogP contribution in [0.25, 0.3) is 21.3 Å². The number of hydrogen-bond acceptors (Lipinski definition) is 5. The molecule has 1 N–H and O–H groups in total. The normalized spacial score (nSPS) is 17.7. The molecule has 2 aromatic heterocycles. The summed E-state index contributed by atoms with van der Waals surface area (Å²) in [6.45, 7) is 4.05. The molecule has 128 valence electrons. The summed E-state index contributed by atoms with van der Waals surface area (Å²) in [5, 5.41) is 6.91. The zero-order valence-electron chi connectivity index (χ0n) is 14.3. The van der Waals surface area contributed by atoms with Crippen LogP contribution in [0.2, 0.25) is 0 Å². The highest BCUT2D eigenvalue weighted by atomic mass is 32.1. The van der Waals surface area contributed by atoms with Crippen molar-refractivity contribution in [1.29, 1.82) is 0 Å². The van der Waals surface area contributed by atoms with Crippen LogP contribution in [-0.2, 0) is 12.8 Å². The average Bonchev–Trinajstić information content (AvgIpc) is 3.12. The molecule has 1 saturated heterocycles. The Bertz CT molecular complexity index is 911. The number of anilines is 1. The maximum Gasteiger partial charge on any atom is 0.141 e. The third-order valence-corrected chi connectivity index (χ3v) is 6.31. The second kappa shape index (κ2) is 6.39. The van der Waals surface area contributed by atoms with E-state index in [4.69, 9.17) is 0 Å². The number of nitrogens with zero attached hydrogens (tertiary/aromatic N) is 3. The molecule has 0 bridgehead atoms. The SMILES string of the molecule is c1nc(N2CCNCC2)c2c(-c3ccc4c(c3)CCCC4)csc2n1. The Balaban J connectivity index is 1.64. The minimum atomic E-state index is 1.01. The van der Waals surface area contributed by atoms with E-state index in [1.807, 2.05) is 0 Å². The summed E-state index contributed by atoms with van der Waals surface area (Å²) in [6.07, 6.45) is 6.80. The molecule has 3 aromatic rings. The van der Waals surface area contributed by atoms with Crippen LogP contribution in [0.1, 0.15) is 24.0 Å². The van der Waals surface area contributed by atoms with Crippen LogP contribution < -0.4 is 10.2 Å². The van der Waals surface area contributed by atoms with Gasteiger partial charge in [-0.15, -0.1) is 11.3 Å². The molecule has 0 atom stereocenters. The van der Waals surface area contributed by atoms with Crippen molar-refractivity contribution in [2.24, 2.45) is 0 Å². The minimum Gasteiger partial charge on any atom is -0.353 e. The van der Waals surface area contributed by atoms with Crippen molar-refractivity contribution in [2.45, 2.75) is 25.7 Å². The van der Waals surface area contributed by atoms with E-state index in [-0.39, 0.29) is 0 Å². The van der Waals surface area contributed by atoms with Crippen LogP contribution >= 0.6 is 11.3 Å². The molecule has 0 saturated carbocycles. The molecule has 1 aromatic carbocycles. The van der Waals surface area contributed by atoms with E-state index in [9.17, 15) is 0 Å². The van der Waals surface area contributed by atoms with Gasteiger partial charge in [-0.05, 0) is 42.4 Å². The number of nitrogens with one attached hydrogen (secondary N) is 1. The number of aryl methyl sites for hydroxylation is 2. The highest BCUT2D eigenvalue weighted by molar-refractivity contribution is 7.17. The molecule has 1 fully saturated rings. The van der Waals surface area contributed by atoms with Crippen LogP contribution in [0.15, 0.2) is 29.9 Å². The quantitative estimate of drug-likeness (QED) is 0.766. The Morgan fingerprint density at radius 2 is 1.84 bits per heavy atom. The molecule has 0 spiro atoms. The first kappa shape index (κ1) is 15.3. The Morgan fingerprint density at radius 3 is 2.72 bits per heavy atom. The van der Waals surface area contributed by atoms with Gasteiger partial charge in [0.15, 0.2) is 0 Å². The van der Waals surface area contributed by atoms with Crippen LogP contribution in [0.5, 0.6) is 0 Å². The van der Waals surface area contributed by atoms with Gasteiger partial charge < -0.3 is 10.2 Å². The molecule has 3 heterocycles. The summed E-state index contributed by atoms with van der Waals surface area (Å²) < 4.78 is 0. The molecule has 25 heavy (non-hydrogen) atoms. The first-order valence-electron chi connectivity index (χ1n) is 9.20. The number of hydrogen-bond donors (Lipinski definition) is 1. The average molecular weight is 350 g/mol. The molecule has 2 aliphatic rings. The number of rotatable bonds is 2. The Kier molecular flexibility index (Phi) is 3.91. The first-order chi connectivity index (χ1) is 12.4. The molecule has 0 amide bonds. The Labute approximate surface area is 151 Å². The lowest BCUT2D eigenvalue weighted by Crippen LogP contribution is -2.44. The van der Waals surface area contributed by atoms with Crippen LogP contribution in [0, 0.1) is 0 Å². The monoisotopic (exact) mass is 350 g/mol. The van der Waals surface area contributed by atoms with Gasteiger partial charge >= 0.3 is 0 Å². The van der Waals surface area contributed by atoms with Gasteiger partial charge in [0.05, 0.1) is 5.39 Å². The van der Waals surface area contributed by atoms with Gasteiger partial charge in [-0.2, -0.15) is 0 Å². The second-order valence-electron chi connectivity index (χ2n) is 6.95. The van der Waals surface area contributed by atoms with E-state index >= 15 is 0 Å². The Morgan fingerprint density at radius 1 is 1.00 bits per heavy atom. The number of fused-ring (bicyclic) bond motifs is 2. The lowest BCUT2D eigenvalue weighted by molar-refractivity contribution is 0.586. The van der Waals surface area contributed by atoms with Gasteiger partial charge in [-0.25, -0.2) is 9.97 Å². The van der Waals surface area contributed by atoms with Crippen molar-refractivity contribution < 1.29 is 0 Å². The zero-order chi connectivity index (χ0) is 16.6. The van der Waals surface area contributed by atoms with Gasteiger partial charge in [0.1, 0.15) is 17.0 Å². The van der Waals surface area contributed by atoms with Crippen molar-refractivity contribution in [3.63, 3.8) is 0 Å². The lowest BCUT2D eigenvalue weighted by Gasteiger charge is -2.29. The van der Waals surface area contributed by atoms with Crippen molar-refractivity contribution in [1.82, 2.24) is 15.3 Å². The highest BCUT2D eigenvalue weighted by Gasteiger charge is 2.20. The molecule has 0 unspecified atom stereocenters. The zero-order valence-corrected chi connectivity index (χ0v) is 15.1. The fourth-order valence-corrected chi connectivity index (χ4v) is 5.00. The summed E-state index contributed by atoms with van der Waals surface area (Å²) in [4.78, 5) is 12.7. The summed E-state index contributed by atoms with van der Waals surface area (Å²) in [7, 11) is 0. The fourth-order valence-electron chi connectivity index (χ4n) is 4.09. The van der Waals surface area contributed by atoms with Crippen molar-refractivity contribution in [2.75, 3.05) is 31.1 Å². The van der Waals surface area contributed by atoms with Crippen LogP contribution in [-0.4, -0.2) is 36.1 Å². The smallest absolute Gasteiger partial charge is 0.141 e. The molecule has 5 rings (SSSR count). The Hall–Kier alpha value is -1.98. The minimum absolute atomic E-state index is 1.01. The third-order valence-electron chi connectivity index (χ3n) is 5.43. The van der Waals surface area contributed by atoms with Gasteiger partial charge in [0.25, 0.3) is 0 Å². The van der Waals surface area contributed by atoms with Gasteiger partial charge in [0.2, 0.25) is 0 Å². The number of aromatic nitrogens is 2. The molecule has 0 radical (unpaired) electrons. The lowest BCUT2D eigenvalue weighted by atomic mass is 9.89. The summed E-state index contributed by atoms with van der Waals surface area (Å²) in [5.41, 5.74) is 5.68. The summed E-state index contributed by atoms with van der Waals surface area (Å²) in [6, 6.07) is 7.03. The third kappa shape index (κ3) is 2.71. The highest BCUT2D eigenvalue weighted by Crippen LogP contribution is 2.39. The van der Waals surface area contributed by atoms with E-state index in [1.165, 1.54) is 53.3 Å². The van der Waals surface area contributed by atoms with Crippen molar-refractivity contribution in [3.05, 3.63) is 41.0 Å². The molecular formula is C20H22N4S. The van der Waals surface area contributed by atoms with E-state index in [2.05, 4.69) is 43.8 Å². The summed E-state index contributed by atoms with van der Waals surface area (Å²) in [5.74, 6) is 1.10. The van der Waals surface area contributed by atoms with Crippen molar-refractivity contribution >= 4 is 27.4 Å². The fraction of sp³-hybridized carbons (Fsp3) is 0.400. The molecular weight excluding hydrogens is 328 g/mol. The topological polar surface area (TPSA) is 41.1 Å². The molecule has 1 aliphatic heterocycles. The van der Waals surface area contributed by atoms with Crippen LogP contribution in [0.3, 0.4) is 0 Å². The molecule has 4 nitrogen and oxygen atoms in total. The number of benzene rings is 1.